The van der Waals surface area contributed by atoms with Crippen molar-refractivity contribution in [2.45, 2.75) is 19.9 Å². The average molecular weight is 213 g/mol. The molecule has 0 bridgehead atoms. The van der Waals surface area contributed by atoms with Crippen molar-refractivity contribution < 1.29 is 0 Å². The molecule has 16 heavy (non-hydrogen) atoms. The highest BCUT2D eigenvalue weighted by atomic mass is 15.1. The van der Waals surface area contributed by atoms with E-state index in [4.69, 9.17) is 5.26 Å². The number of nitrogens with one attached hydrogen (secondary N) is 1. The fraction of sp³-hybridized carbons (Fsp3) is 0.308. The van der Waals surface area contributed by atoms with Gasteiger partial charge in [0.05, 0.1) is 11.8 Å². The number of fused-ring (bicyclic) bond motifs is 1. The van der Waals surface area contributed by atoms with Crippen molar-refractivity contribution in [2.24, 2.45) is 0 Å². The lowest BCUT2D eigenvalue weighted by molar-refractivity contribution is 0.834. The average Bonchev–Trinajstić information content (AvgIpc) is 2.63. The van der Waals surface area contributed by atoms with E-state index in [1.807, 2.05) is 37.9 Å². The molecule has 0 spiro atoms. The van der Waals surface area contributed by atoms with Crippen LogP contribution in [0.4, 0.5) is 5.69 Å². The predicted molar refractivity (Wildman–Crippen MR) is 66.5 cm³/mol. The van der Waals surface area contributed by atoms with Crippen molar-refractivity contribution in [1.29, 1.82) is 5.26 Å². The molecule has 0 saturated carbocycles. The lowest BCUT2D eigenvalue weighted by Crippen LogP contribution is -2.27. The third-order valence-corrected chi connectivity index (χ3v) is 2.98. The van der Waals surface area contributed by atoms with Gasteiger partial charge in [-0.3, -0.25) is 0 Å². The second-order valence-electron chi connectivity index (χ2n) is 4.06. The Morgan fingerprint density at radius 2 is 2.06 bits per heavy atom. The van der Waals surface area contributed by atoms with Gasteiger partial charge >= 0.3 is 0 Å². The first-order chi connectivity index (χ1) is 7.65. The van der Waals surface area contributed by atoms with E-state index in [-0.39, 0.29) is 6.04 Å². The number of hydrogen-bond donors (Lipinski definition) is 1. The van der Waals surface area contributed by atoms with Crippen molar-refractivity contribution in [3.05, 3.63) is 30.0 Å². The zero-order chi connectivity index (χ0) is 11.7. The van der Waals surface area contributed by atoms with Crippen LogP contribution in [0.5, 0.6) is 0 Å². The van der Waals surface area contributed by atoms with Crippen LogP contribution in [0.3, 0.4) is 0 Å². The van der Waals surface area contributed by atoms with Crippen molar-refractivity contribution in [1.82, 2.24) is 4.98 Å². The third-order valence-electron chi connectivity index (χ3n) is 2.98. The maximum absolute atomic E-state index is 8.97. The second kappa shape index (κ2) is 3.90. The molecule has 0 fully saturated rings. The maximum atomic E-state index is 8.97. The number of hydrogen-bond acceptors (Lipinski definition) is 2. The quantitative estimate of drug-likeness (QED) is 0.833. The van der Waals surface area contributed by atoms with E-state index >= 15 is 0 Å². The first-order valence-electron chi connectivity index (χ1n) is 5.35. The summed E-state index contributed by atoms with van der Waals surface area (Å²) in [6, 6.07) is 10.3. The number of aromatic nitrogens is 1. The monoisotopic (exact) mass is 213 g/mol. The zero-order valence-electron chi connectivity index (χ0n) is 9.78. The van der Waals surface area contributed by atoms with Gasteiger partial charge < -0.3 is 9.88 Å². The molecule has 0 aliphatic carbocycles. The highest BCUT2D eigenvalue weighted by molar-refractivity contribution is 5.94. The lowest BCUT2D eigenvalue weighted by atomic mass is 10.2. The molecule has 82 valence electrons. The molecule has 3 heteroatoms. The molecular formula is C13H15N3. The van der Waals surface area contributed by atoms with Gasteiger partial charge in [0.2, 0.25) is 0 Å². The standard InChI is InChI=1S/C13H15N3/c1-9(8-14)16(3)13-10(2)15-12-7-5-4-6-11(12)13/h4-7,9,15H,1-3H3. The Labute approximate surface area is 95.3 Å². The summed E-state index contributed by atoms with van der Waals surface area (Å²) in [6.07, 6.45) is 0. The normalized spacial score (nSPS) is 12.4. The molecular weight excluding hydrogens is 198 g/mol. The second-order valence-corrected chi connectivity index (χ2v) is 4.06. The number of rotatable bonds is 2. The molecule has 0 amide bonds. The highest BCUT2D eigenvalue weighted by Gasteiger charge is 2.15. The van der Waals surface area contributed by atoms with Crippen LogP contribution in [-0.2, 0) is 0 Å². The van der Waals surface area contributed by atoms with Gasteiger partial charge in [0.25, 0.3) is 0 Å². The predicted octanol–water partition coefficient (Wildman–Crippen LogP) is 2.82. The molecule has 1 unspecified atom stereocenters. The number of H-pyrrole nitrogens is 1. The van der Waals surface area contributed by atoms with E-state index in [0.29, 0.717) is 0 Å². The molecule has 0 aliphatic rings. The molecule has 1 heterocycles. The van der Waals surface area contributed by atoms with Crippen molar-refractivity contribution in [3.63, 3.8) is 0 Å². The third kappa shape index (κ3) is 1.53. The maximum Gasteiger partial charge on any atom is 0.113 e. The largest absolute Gasteiger partial charge is 0.357 e. The van der Waals surface area contributed by atoms with Crippen LogP contribution in [0, 0.1) is 18.3 Å². The van der Waals surface area contributed by atoms with Crippen molar-refractivity contribution >= 4 is 16.6 Å². The van der Waals surface area contributed by atoms with Gasteiger partial charge in [-0.2, -0.15) is 5.26 Å². The van der Waals surface area contributed by atoms with E-state index in [9.17, 15) is 0 Å². The molecule has 1 aromatic carbocycles. The van der Waals surface area contributed by atoms with E-state index < -0.39 is 0 Å². The van der Waals surface area contributed by atoms with Gasteiger partial charge in [-0.05, 0) is 19.9 Å². The van der Waals surface area contributed by atoms with Gasteiger partial charge in [0.1, 0.15) is 6.04 Å². The van der Waals surface area contributed by atoms with Gasteiger partial charge in [-0.15, -0.1) is 0 Å². The summed E-state index contributed by atoms with van der Waals surface area (Å²) < 4.78 is 0. The zero-order valence-corrected chi connectivity index (χ0v) is 9.78. The fourth-order valence-corrected chi connectivity index (χ4v) is 2.00. The molecule has 1 N–H and O–H groups in total. The van der Waals surface area contributed by atoms with E-state index in [0.717, 1.165) is 16.9 Å². The summed E-state index contributed by atoms with van der Waals surface area (Å²) in [5, 5.41) is 10.1. The number of nitrogens with zero attached hydrogens (tertiary/aromatic N) is 2. The number of aromatic amines is 1. The fourth-order valence-electron chi connectivity index (χ4n) is 2.00. The Kier molecular flexibility index (Phi) is 2.57. The van der Waals surface area contributed by atoms with Crippen molar-refractivity contribution in [2.75, 3.05) is 11.9 Å². The number of para-hydroxylation sites is 1. The molecule has 2 aromatic rings. The topological polar surface area (TPSA) is 42.8 Å². The summed E-state index contributed by atoms with van der Waals surface area (Å²) in [6.45, 7) is 3.94. The summed E-state index contributed by atoms with van der Waals surface area (Å²) in [5.74, 6) is 0. The first-order valence-corrected chi connectivity index (χ1v) is 5.35. The number of aryl methyl sites for hydroxylation is 1. The minimum absolute atomic E-state index is 0.127. The molecule has 1 atom stereocenters. The van der Waals surface area contributed by atoms with Crippen LogP contribution in [0.25, 0.3) is 10.9 Å². The first kappa shape index (κ1) is 10.6. The van der Waals surface area contributed by atoms with E-state index in [1.54, 1.807) is 0 Å². The van der Waals surface area contributed by atoms with E-state index in [1.165, 1.54) is 5.39 Å². The van der Waals surface area contributed by atoms with Crippen LogP contribution >= 0.6 is 0 Å². The van der Waals surface area contributed by atoms with Gasteiger partial charge in [-0.25, -0.2) is 0 Å². The number of benzene rings is 1. The number of anilines is 1. The van der Waals surface area contributed by atoms with Gasteiger partial charge in [0, 0.05) is 23.6 Å². The van der Waals surface area contributed by atoms with Crippen LogP contribution in [0.2, 0.25) is 0 Å². The van der Waals surface area contributed by atoms with Crippen LogP contribution in [-0.4, -0.2) is 18.1 Å². The smallest absolute Gasteiger partial charge is 0.113 e. The Morgan fingerprint density at radius 3 is 2.75 bits per heavy atom. The summed E-state index contributed by atoms with van der Waals surface area (Å²) >= 11 is 0. The van der Waals surface area contributed by atoms with Crippen LogP contribution < -0.4 is 4.90 Å². The molecule has 0 aliphatic heterocycles. The molecule has 0 radical (unpaired) electrons. The molecule has 1 aromatic heterocycles. The summed E-state index contributed by atoms with van der Waals surface area (Å²) in [7, 11) is 1.95. The van der Waals surface area contributed by atoms with Crippen LogP contribution in [0.15, 0.2) is 24.3 Å². The summed E-state index contributed by atoms with van der Waals surface area (Å²) in [4.78, 5) is 5.34. The Balaban J connectivity index is 2.60. The molecule has 2 rings (SSSR count). The summed E-state index contributed by atoms with van der Waals surface area (Å²) in [5.41, 5.74) is 3.34. The highest BCUT2D eigenvalue weighted by Crippen LogP contribution is 2.30. The molecule has 3 nitrogen and oxygen atoms in total. The van der Waals surface area contributed by atoms with Crippen molar-refractivity contribution in [3.8, 4) is 6.07 Å². The Hall–Kier alpha value is -1.95. The van der Waals surface area contributed by atoms with Gasteiger partial charge in [0.15, 0.2) is 0 Å². The van der Waals surface area contributed by atoms with Crippen LogP contribution in [0.1, 0.15) is 12.6 Å². The Morgan fingerprint density at radius 1 is 1.38 bits per heavy atom. The Bertz CT molecular complexity index is 548. The minimum atomic E-state index is -0.127. The lowest BCUT2D eigenvalue weighted by Gasteiger charge is -2.21. The molecule has 0 saturated heterocycles. The van der Waals surface area contributed by atoms with E-state index in [2.05, 4.69) is 23.2 Å². The van der Waals surface area contributed by atoms with Gasteiger partial charge in [-0.1, -0.05) is 18.2 Å². The SMILES string of the molecule is Cc1[nH]c2ccccc2c1N(C)C(C)C#N. The minimum Gasteiger partial charge on any atom is -0.357 e. The number of nitriles is 1.